The zero-order chi connectivity index (χ0) is 25.4. The van der Waals surface area contributed by atoms with E-state index in [9.17, 15) is 0 Å². The summed E-state index contributed by atoms with van der Waals surface area (Å²) in [6.07, 6.45) is 15.6. The van der Waals surface area contributed by atoms with Gasteiger partial charge in [0, 0.05) is 17.5 Å². The summed E-state index contributed by atoms with van der Waals surface area (Å²) < 4.78 is 2.07. The van der Waals surface area contributed by atoms with Crippen molar-refractivity contribution < 1.29 is 14.3 Å². The smallest absolute Gasteiger partial charge is 0.169 e. The van der Waals surface area contributed by atoms with Crippen LogP contribution in [0.25, 0.3) is 17.7 Å². The van der Waals surface area contributed by atoms with Crippen molar-refractivity contribution in [2.45, 2.75) is 72.0 Å². The molecule has 6 rings (SSSR count). The maximum absolute atomic E-state index is 6.31. The van der Waals surface area contributed by atoms with Crippen LogP contribution in [-0.4, -0.2) is 11.2 Å². The number of rotatable bonds is 1. The maximum Gasteiger partial charge on any atom is 0.169 e. The molecule has 0 amide bonds. The molecule has 2 aliphatic carbocycles. The van der Waals surface area contributed by atoms with Crippen molar-refractivity contribution >= 4 is 17.7 Å². The monoisotopic (exact) mass is 468 g/mol. The molecule has 0 spiro atoms. The van der Waals surface area contributed by atoms with Gasteiger partial charge in [-0.25, -0.2) is 14.3 Å². The minimum Gasteiger partial charge on any atom is -0.220 e. The van der Waals surface area contributed by atoms with Crippen molar-refractivity contribution in [3.8, 4) is 0 Å². The topological polar surface area (TPSA) is 22.3 Å². The van der Waals surface area contributed by atoms with Crippen LogP contribution in [0, 0.1) is 12.3 Å². The molecule has 0 radical (unpaired) electrons. The van der Waals surface area contributed by atoms with E-state index in [1.165, 1.54) is 33.4 Å². The molecule has 3 heterocycles. The van der Waals surface area contributed by atoms with Gasteiger partial charge in [0.05, 0.1) is 0 Å². The number of aryl methyl sites for hydroxylation is 1. The number of pyridine rings is 1. The van der Waals surface area contributed by atoms with Gasteiger partial charge in [-0.2, -0.15) is 0 Å². The van der Waals surface area contributed by atoms with Crippen LogP contribution in [0.3, 0.4) is 0 Å². The van der Waals surface area contributed by atoms with Gasteiger partial charge in [-0.1, -0.05) is 65.8 Å². The molecule has 2 atom stereocenters. The van der Waals surface area contributed by atoms with Crippen molar-refractivity contribution in [1.29, 1.82) is 0 Å². The highest BCUT2D eigenvalue weighted by molar-refractivity contribution is 5.95. The molecule has 2 aliphatic heterocycles. The largest absolute Gasteiger partial charge is 0.220 e. The van der Waals surface area contributed by atoms with Crippen LogP contribution in [0.4, 0.5) is 0 Å². The Morgan fingerprint density at radius 2 is 1.51 bits per heavy atom. The molecule has 1 aromatic carbocycles. The Bertz CT molecular complexity index is 1330. The van der Waals surface area contributed by atoms with Crippen LogP contribution >= 0.6 is 0 Å². The van der Waals surface area contributed by atoms with Gasteiger partial charge in [0.2, 0.25) is 0 Å². The van der Waals surface area contributed by atoms with E-state index in [0.717, 1.165) is 11.1 Å². The SMILES string of the molecule is Cc1c2cc(C(C)(C)C)cc1/C=C\C1=CC3(C(C)(C)C)C=C(C(c4cc[n+](C)cc4)=C2)C1(C)OO3. The Hall–Kier alpha value is -2.75. The van der Waals surface area contributed by atoms with E-state index in [2.05, 4.69) is 134 Å². The molecule has 0 saturated heterocycles. The Labute approximate surface area is 210 Å². The second kappa shape index (κ2) is 7.62. The molecule has 182 valence electrons. The molecule has 2 unspecified atom stereocenters. The quantitative estimate of drug-likeness (QED) is 0.330. The lowest BCUT2D eigenvalue weighted by atomic mass is 9.65. The minimum absolute atomic E-state index is 0.0519. The minimum atomic E-state index is -0.704. The summed E-state index contributed by atoms with van der Waals surface area (Å²) in [5.74, 6) is 0. The fourth-order valence-corrected chi connectivity index (χ4v) is 5.16. The second-order valence-electron chi connectivity index (χ2n) is 12.6. The van der Waals surface area contributed by atoms with E-state index in [1.807, 2.05) is 0 Å². The number of hydrogen-bond donors (Lipinski definition) is 0. The van der Waals surface area contributed by atoms with E-state index in [4.69, 9.17) is 9.78 Å². The van der Waals surface area contributed by atoms with E-state index < -0.39 is 11.2 Å². The molecule has 0 fully saturated rings. The molecule has 3 heteroatoms. The van der Waals surface area contributed by atoms with Gasteiger partial charge in [-0.3, -0.25) is 0 Å². The fourth-order valence-electron chi connectivity index (χ4n) is 5.16. The van der Waals surface area contributed by atoms with Crippen LogP contribution in [0.2, 0.25) is 0 Å². The van der Waals surface area contributed by atoms with Crippen LogP contribution in [0.1, 0.15) is 76.3 Å². The van der Waals surface area contributed by atoms with Crippen LogP contribution in [0.15, 0.2) is 66.0 Å². The van der Waals surface area contributed by atoms with Gasteiger partial charge in [0.1, 0.15) is 12.6 Å². The van der Waals surface area contributed by atoms with Gasteiger partial charge >= 0.3 is 0 Å². The molecule has 0 saturated carbocycles. The highest BCUT2D eigenvalue weighted by atomic mass is 17.2. The maximum atomic E-state index is 6.31. The van der Waals surface area contributed by atoms with Gasteiger partial charge in [-0.15, -0.1) is 0 Å². The van der Waals surface area contributed by atoms with Crippen molar-refractivity contribution in [3.05, 3.63) is 93.9 Å². The predicted octanol–water partition coefficient (Wildman–Crippen LogP) is 7.06. The third-order valence-corrected chi connectivity index (χ3v) is 7.99. The molecule has 35 heavy (non-hydrogen) atoms. The molecular formula is C32H38NO2+. The average molecular weight is 469 g/mol. The van der Waals surface area contributed by atoms with E-state index in [0.29, 0.717) is 0 Å². The van der Waals surface area contributed by atoms with E-state index in [-0.39, 0.29) is 10.8 Å². The Morgan fingerprint density at radius 3 is 2.14 bits per heavy atom. The molecule has 6 bridgehead atoms. The first-order chi connectivity index (χ1) is 16.2. The van der Waals surface area contributed by atoms with Crippen molar-refractivity contribution in [2.24, 2.45) is 12.5 Å². The number of hydrogen-bond acceptors (Lipinski definition) is 2. The molecular weight excluding hydrogens is 430 g/mol. The fraction of sp³-hybridized carbons (Fsp3) is 0.406. The summed E-state index contributed by atoms with van der Waals surface area (Å²) in [7, 11) is 2.05. The van der Waals surface area contributed by atoms with E-state index in [1.54, 1.807) is 0 Å². The van der Waals surface area contributed by atoms with Crippen molar-refractivity contribution in [1.82, 2.24) is 0 Å². The predicted molar refractivity (Wildman–Crippen MR) is 143 cm³/mol. The van der Waals surface area contributed by atoms with Crippen LogP contribution in [-0.2, 0) is 22.2 Å². The van der Waals surface area contributed by atoms with E-state index >= 15 is 0 Å². The number of aromatic nitrogens is 1. The summed E-state index contributed by atoms with van der Waals surface area (Å²) in [5.41, 5.74) is 8.22. The lowest BCUT2D eigenvalue weighted by Crippen LogP contribution is -2.55. The first-order valence-electron chi connectivity index (χ1n) is 12.6. The third kappa shape index (κ3) is 3.77. The highest BCUT2D eigenvalue weighted by Gasteiger charge is 2.55. The Morgan fingerprint density at radius 1 is 0.857 bits per heavy atom. The van der Waals surface area contributed by atoms with Gasteiger partial charge in [0.15, 0.2) is 18.0 Å². The Balaban J connectivity index is 1.88. The average Bonchev–Trinajstić information content (AvgIpc) is 2.76. The highest BCUT2D eigenvalue weighted by Crippen LogP contribution is 2.55. The van der Waals surface area contributed by atoms with Crippen molar-refractivity contribution in [2.75, 3.05) is 0 Å². The molecule has 4 aliphatic rings. The third-order valence-electron chi connectivity index (χ3n) is 7.99. The zero-order valence-corrected chi connectivity index (χ0v) is 22.6. The summed E-state index contributed by atoms with van der Waals surface area (Å²) in [6, 6.07) is 9.08. The first-order valence-corrected chi connectivity index (χ1v) is 12.6. The van der Waals surface area contributed by atoms with Crippen LogP contribution < -0.4 is 4.57 Å². The molecule has 1 aromatic heterocycles. The lowest BCUT2D eigenvalue weighted by molar-refractivity contribution is -0.671. The molecule has 3 nitrogen and oxygen atoms in total. The summed E-state index contributed by atoms with van der Waals surface area (Å²) in [6.45, 7) is 17.8. The first kappa shape index (κ1) is 24.0. The van der Waals surface area contributed by atoms with Gasteiger partial charge < -0.3 is 0 Å². The second-order valence-corrected chi connectivity index (χ2v) is 12.6. The van der Waals surface area contributed by atoms with Gasteiger partial charge in [-0.05, 0) is 82.0 Å². The van der Waals surface area contributed by atoms with Gasteiger partial charge in [0.25, 0.3) is 0 Å². The zero-order valence-electron chi connectivity index (χ0n) is 22.6. The normalized spacial score (nSPS) is 26.6. The van der Waals surface area contributed by atoms with Crippen LogP contribution in [0.5, 0.6) is 0 Å². The number of benzene rings is 1. The van der Waals surface area contributed by atoms with Crippen molar-refractivity contribution in [3.63, 3.8) is 0 Å². The summed E-state index contributed by atoms with van der Waals surface area (Å²) in [4.78, 5) is 12.5. The lowest BCUT2D eigenvalue weighted by Gasteiger charge is -2.52. The molecule has 0 N–H and O–H groups in total. The number of fused-ring (bicyclic) bond motifs is 3. The Kier molecular flexibility index (Phi) is 5.22. The molecule has 2 aromatic rings. The summed E-state index contributed by atoms with van der Waals surface area (Å²) >= 11 is 0. The number of nitrogens with zero attached hydrogens (tertiary/aromatic N) is 1. The standard InChI is InChI=1S/C32H38NO2/c1-21-23-10-11-25-19-32(30(5,6)7)20-28(31(25,8)34-35-32)27(22-12-14-33(9)15-13-22)18-24(21)17-26(16-23)29(2,3)4/h10-20H,1-9H3/q+1/b11-10-,27-18?. The summed E-state index contributed by atoms with van der Waals surface area (Å²) in [5, 5.41) is 0.